The zero-order chi connectivity index (χ0) is 22.9. The molecule has 4 rings (SSSR count). The molecule has 0 bridgehead atoms. The Balaban J connectivity index is 1.48. The number of hydrogen-bond donors (Lipinski definition) is 2. The molecule has 0 aliphatic rings. The van der Waals surface area contributed by atoms with Crippen LogP contribution in [0.3, 0.4) is 0 Å². The van der Waals surface area contributed by atoms with Gasteiger partial charge in [0, 0.05) is 17.5 Å². The molecule has 0 aliphatic carbocycles. The van der Waals surface area contributed by atoms with Crippen molar-refractivity contribution in [2.45, 2.75) is 6.42 Å². The SMILES string of the molecule is N#Cc1c(-c2ccccc2)nc(NN=Cc2ccccc2OCCc2ccccc2)[nH]c1=O. The molecular formula is C26H21N5O2. The van der Waals surface area contributed by atoms with Crippen LogP contribution in [0, 0.1) is 11.3 Å². The van der Waals surface area contributed by atoms with Crippen molar-refractivity contribution in [3.63, 3.8) is 0 Å². The first-order valence-corrected chi connectivity index (χ1v) is 10.4. The second-order valence-corrected chi connectivity index (χ2v) is 7.11. The largest absolute Gasteiger partial charge is 0.493 e. The molecule has 0 spiro atoms. The molecule has 0 unspecified atom stereocenters. The molecular weight excluding hydrogens is 414 g/mol. The van der Waals surface area contributed by atoms with E-state index in [1.54, 1.807) is 18.3 Å². The highest BCUT2D eigenvalue weighted by atomic mass is 16.5. The molecule has 7 heteroatoms. The highest BCUT2D eigenvalue weighted by Gasteiger charge is 2.12. The van der Waals surface area contributed by atoms with Gasteiger partial charge in [-0.2, -0.15) is 10.4 Å². The molecule has 0 amide bonds. The first-order chi connectivity index (χ1) is 16.2. The Morgan fingerprint density at radius 3 is 2.45 bits per heavy atom. The molecule has 0 saturated carbocycles. The normalized spacial score (nSPS) is 10.6. The average molecular weight is 435 g/mol. The van der Waals surface area contributed by atoms with Gasteiger partial charge in [-0.3, -0.25) is 9.78 Å². The van der Waals surface area contributed by atoms with E-state index < -0.39 is 5.56 Å². The maximum absolute atomic E-state index is 12.4. The summed E-state index contributed by atoms with van der Waals surface area (Å²) in [5, 5.41) is 13.6. The van der Waals surface area contributed by atoms with E-state index >= 15 is 0 Å². The summed E-state index contributed by atoms with van der Waals surface area (Å²) in [6, 6.07) is 28.7. The van der Waals surface area contributed by atoms with E-state index in [4.69, 9.17) is 4.74 Å². The van der Waals surface area contributed by atoms with Gasteiger partial charge in [-0.05, 0) is 17.7 Å². The number of hydrazone groups is 1. The molecule has 1 aromatic heterocycles. The summed E-state index contributed by atoms with van der Waals surface area (Å²) < 4.78 is 5.94. The number of rotatable bonds is 8. The number of ether oxygens (including phenoxy) is 1. The molecule has 2 N–H and O–H groups in total. The Hall–Kier alpha value is -4.70. The Morgan fingerprint density at radius 2 is 1.70 bits per heavy atom. The fourth-order valence-corrected chi connectivity index (χ4v) is 3.24. The maximum Gasteiger partial charge on any atom is 0.270 e. The predicted octanol–water partition coefficient (Wildman–Crippen LogP) is 4.38. The number of para-hydroxylation sites is 1. The minimum absolute atomic E-state index is 0.0482. The van der Waals surface area contributed by atoms with Crippen LogP contribution >= 0.6 is 0 Å². The summed E-state index contributed by atoms with van der Waals surface area (Å²) in [5.74, 6) is 0.835. The van der Waals surface area contributed by atoms with Crippen LogP contribution in [0.15, 0.2) is 94.8 Å². The van der Waals surface area contributed by atoms with Crippen LogP contribution in [0.25, 0.3) is 11.3 Å². The molecule has 0 fully saturated rings. The van der Waals surface area contributed by atoms with E-state index in [9.17, 15) is 10.1 Å². The van der Waals surface area contributed by atoms with Gasteiger partial charge in [0.15, 0.2) is 0 Å². The molecule has 7 nitrogen and oxygen atoms in total. The van der Waals surface area contributed by atoms with Crippen LogP contribution < -0.4 is 15.7 Å². The summed E-state index contributed by atoms with van der Waals surface area (Å²) in [7, 11) is 0. The van der Waals surface area contributed by atoms with Crippen LogP contribution in [-0.4, -0.2) is 22.8 Å². The van der Waals surface area contributed by atoms with Crippen molar-refractivity contribution in [1.82, 2.24) is 9.97 Å². The molecule has 0 radical (unpaired) electrons. The predicted molar refractivity (Wildman–Crippen MR) is 128 cm³/mol. The topological polar surface area (TPSA) is 103 Å². The number of nitrogens with one attached hydrogen (secondary N) is 2. The Morgan fingerprint density at radius 1 is 1.00 bits per heavy atom. The van der Waals surface area contributed by atoms with Crippen LogP contribution in [0.1, 0.15) is 16.7 Å². The number of H-pyrrole nitrogens is 1. The monoisotopic (exact) mass is 435 g/mol. The first kappa shape index (κ1) is 21.5. The first-order valence-electron chi connectivity index (χ1n) is 10.4. The molecule has 3 aromatic carbocycles. The summed E-state index contributed by atoms with van der Waals surface area (Å²) in [5.41, 5.74) is 5.11. The molecule has 1 heterocycles. The van der Waals surface area contributed by atoms with Gasteiger partial charge in [0.2, 0.25) is 5.95 Å². The van der Waals surface area contributed by atoms with Crippen LogP contribution in [0.5, 0.6) is 5.75 Å². The fourth-order valence-electron chi connectivity index (χ4n) is 3.24. The van der Waals surface area contributed by atoms with E-state index in [0.717, 1.165) is 12.0 Å². The van der Waals surface area contributed by atoms with Gasteiger partial charge in [0.25, 0.3) is 5.56 Å². The van der Waals surface area contributed by atoms with Gasteiger partial charge in [-0.25, -0.2) is 10.4 Å². The number of hydrogen-bond acceptors (Lipinski definition) is 6. The van der Waals surface area contributed by atoms with E-state index in [1.807, 2.05) is 66.7 Å². The Labute approximate surface area is 191 Å². The van der Waals surface area contributed by atoms with Crippen molar-refractivity contribution in [3.05, 3.63) is 112 Å². The zero-order valence-electron chi connectivity index (χ0n) is 17.7. The third kappa shape index (κ3) is 5.51. The van der Waals surface area contributed by atoms with Crippen LogP contribution in [0.4, 0.5) is 5.95 Å². The zero-order valence-corrected chi connectivity index (χ0v) is 17.7. The summed E-state index contributed by atoms with van der Waals surface area (Å²) in [6.07, 6.45) is 2.39. The number of anilines is 1. The van der Waals surface area contributed by atoms with Crippen molar-refractivity contribution < 1.29 is 4.74 Å². The van der Waals surface area contributed by atoms with Crippen molar-refractivity contribution >= 4 is 12.2 Å². The minimum Gasteiger partial charge on any atom is -0.493 e. The van der Waals surface area contributed by atoms with E-state index in [0.29, 0.717) is 23.6 Å². The minimum atomic E-state index is -0.534. The summed E-state index contributed by atoms with van der Waals surface area (Å²) >= 11 is 0. The highest BCUT2D eigenvalue weighted by molar-refractivity contribution is 5.83. The number of benzene rings is 3. The van der Waals surface area contributed by atoms with Crippen molar-refractivity contribution in [2.75, 3.05) is 12.0 Å². The van der Waals surface area contributed by atoms with E-state index in [2.05, 4.69) is 32.6 Å². The lowest BCUT2D eigenvalue weighted by molar-refractivity contribution is 0.321. The smallest absolute Gasteiger partial charge is 0.270 e. The highest BCUT2D eigenvalue weighted by Crippen LogP contribution is 2.20. The van der Waals surface area contributed by atoms with Gasteiger partial charge < -0.3 is 4.74 Å². The van der Waals surface area contributed by atoms with Crippen LogP contribution in [0.2, 0.25) is 0 Å². The second kappa shape index (κ2) is 10.6. The number of nitriles is 1. The lowest BCUT2D eigenvalue weighted by Crippen LogP contribution is -2.16. The Kier molecular flexibility index (Phi) is 6.88. The molecule has 33 heavy (non-hydrogen) atoms. The molecule has 162 valence electrons. The number of aromatic amines is 1. The second-order valence-electron chi connectivity index (χ2n) is 7.11. The fraction of sp³-hybridized carbons (Fsp3) is 0.0769. The molecule has 0 atom stereocenters. The maximum atomic E-state index is 12.4. The molecule has 4 aromatic rings. The van der Waals surface area contributed by atoms with Crippen molar-refractivity contribution in [2.24, 2.45) is 5.10 Å². The van der Waals surface area contributed by atoms with E-state index in [-0.39, 0.29) is 11.5 Å². The Bertz CT molecular complexity index is 1340. The van der Waals surface area contributed by atoms with Crippen LogP contribution in [-0.2, 0) is 6.42 Å². The van der Waals surface area contributed by atoms with E-state index in [1.165, 1.54) is 5.56 Å². The third-order valence-electron chi connectivity index (χ3n) is 4.86. The average Bonchev–Trinajstić information content (AvgIpc) is 2.86. The third-order valence-corrected chi connectivity index (χ3v) is 4.86. The van der Waals surface area contributed by atoms with Gasteiger partial charge >= 0.3 is 0 Å². The van der Waals surface area contributed by atoms with Gasteiger partial charge in [0.05, 0.1) is 18.5 Å². The lowest BCUT2D eigenvalue weighted by Gasteiger charge is -2.09. The standard InChI is InChI=1S/C26H21N5O2/c27-17-22-24(20-11-5-2-6-12-20)29-26(30-25(22)32)31-28-18-21-13-7-8-14-23(21)33-16-15-19-9-3-1-4-10-19/h1-14,18H,15-16H2,(H2,29,30,31,32). The molecule has 0 saturated heterocycles. The van der Waals surface area contributed by atoms with Crippen molar-refractivity contribution in [1.29, 1.82) is 5.26 Å². The van der Waals surface area contributed by atoms with Crippen molar-refractivity contribution in [3.8, 4) is 23.1 Å². The lowest BCUT2D eigenvalue weighted by atomic mass is 10.1. The number of nitrogens with zero attached hydrogens (tertiary/aromatic N) is 3. The summed E-state index contributed by atoms with van der Waals surface area (Å²) in [6.45, 7) is 0.535. The molecule has 0 aliphatic heterocycles. The quantitative estimate of drug-likeness (QED) is 0.316. The van der Waals surface area contributed by atoms with Gasteiger partial charge in [-0.15, -0.1) is 0 Å². The number of aromatic nitrogens is 2. The summed E-state index contributed by atoms with van der Waals surface area (Å²) in [4.78, 5) is 19.3. The van der Waals surface area contributed by atoms with Gasteiger partial charge in [-0.1, -0.05) is 72.8 Å². The van der Waals surface area contributed by atoms with Gasteiger partial charge in [0.1, 0.15) is 17.4 Å².